The van der Waals surface area contributed by atoms with Crippen molar-refractivity contribution in [2.45, 2.75) is 4.21 Å². The number of nitrogens with one attached hydrogen (secondary N) is 2. The number of carbonyl (C=O) groups excluding carboxylic acids is 1. The van der Waals surface area contributed by atoms with Crippen LogP contribution < -0.4 is 10.1 Å². The molecule has 9 heteroatoms. The topological polar surface area (TPSA) is 101 Å². The van der Waals surface area contributed by atoms with Crippen molar-refractivity contribution in [3.63, 3.8) is 0 Å². The fraction of sp³-hybridized carbons (Fsp3) is 0. The number of anilines is 1. The molecule has 0 spiro atoms. The average Bonchev–Trinajstić information content (AvgIpc) is 3.18. The molecule has 1 aromatic carbocycles. The maximum atomic E-state index is 12.4. The van der Waals surface area contributed by atoms with Crippen molar-refractivity contribution in [2.24, 2.45) is 5.10 Å². The zero-order valence-corrected chi connectivity index (χ0v) is 15.0. The molecule has 0 saturated carbocycles. The van der Waals surface area contributed by atoms with E-state index in [1.807, 2.05) is 0 Å². The summed E-state index contributed by atoms with van der Waals surface area (Å²) < 4.78 is 27.3. The minimum Gasteiger partial charge on any atom is -0.278 e. The number of carbonyl (C=O) groups is 1. The van der Waals surface area contributed by atoms with Crippen molar-refractivity contribution < 1.29 is 13.2 Å². The Morgan fingerprint density at radius 3 is 2.58 bits per heavy atom. The first-order valence-electron chi connectivity index (χ1n) is 7.45. The largest absolute Gasteiger partial charge is 0.278 e. The highest BCUT2D eigenvalue weighted by molar-refractivity contribution is 7.94. The molecule has 0 fully saturated rings. The average molecular weight is 386 g/mol. The quantitative estimate of drug-likeness (QED) is 0.502. The van der Waals surface area contributed by atoms with Gasteiger partial charge in [-0.3, -0.25) is 14.5 Å². The van der Waals surface area contributed by atoms with Gasteiger partial charge < -0.3 is 0 Å². The van der Waals surface area contributed by atoms with Crippen molar-refractivity contribution in [3.05, 3.63) is 77.4 Å². The Hall–Kier alpha value is -3.04. The Labute approximate surface area is 154 Å². The highest BCUT2D eigenvalue weighted by atomic mass is 32.2. The van der Waals surface area contributed by atoms with Gasteiger partial charge in [0, 0.05) is 12.4 Å². The molecule has 3 aromatic rings. The number of rotatable bonds is 6. The lowest BCUT2D eigenvalue weighted by molar-refractivity contribution is 0.0956. The molecule has 0 aliphatic heterocycles. The van der Waals surface area contributed by atoms with Crippen LogP contribution in [0.25, 0.3) is 0 Å². The Kier molecular flexibility index (Phi) is 5.40. The number of nitrogens with zero attached hydrogens (tertiary/aromatic N) is 2. The van der Waals surface area contributed by atoms with Gasteiger partial charge in [0.1, 0.15) is 4.21 Å². The van der Waals surface area contributed by atoms with Crippen LogP contribution in [0, 0.1) is 0 Å². The van der Waals surface area contributed by atoms with Gasteiger partial charge in [-0.1, -0.05) is 18.2 Å². The van der Waals surface area contributed by atoms with Gasteiger partial charge in [-0.25, -0.2) is 13.8 Å². The van der Waals surface area contributed by atoms with Gasteiger partial charge in [0.25, 0.3) is 15.9 Å². The first kappa shape index (κ1) is 17.8. The highest BCUT2D eigenvalue weighted by Gasteiger charge is 2.19. The molecule has 132 valence electrons. The normalized spacial score (nSPS) is 11.4. The van der Waals surface area contributed by atoms with Crippen LogP contribution in [0.15, 0.2) is 75.6 Å². The fourth-order valence-corrected chi connectivity index (χ4v) is 4.13. The zero-order chi connectivity index (χ0) is 18.4. The lowest BCUT2D eigenvalue weighted by Gasteiger charge is -2.10. The number of para-hydroxylation sites is 1. The van der Waals surface area contributed by atoms with Gasteiger partial charge in [-0.15, -0.1) is 11.3 Å². The third-order valence-electron chi connectivity index (χ3n) is 3.26. The van der Waals surface area contributed by atoms with Crippen molar-refractivity contribution in [2.75, 3.05) is 4.72 Å². The van der Waals surface area contributed by atoms with Crippen LogP contribution in [0.5, 0.6) is 0 Å². The number of sulfonamides is 1. The van der Waals surface area contributed by atoms with E-state index in [4.69, 9.17) is 0 Å². The number of thiophene rings is 1. The zero-order valence-electron chi connectivity index (χ0n) is 13.4. The Bertz CT molecular complexity index is 1020. The monoisotopic (exact) mass is 386 g/mol. The molecular formula is C17H14N4O3S2. The van der Waals surface area contributed by atoms with Crippen molar-refractivity contribution in [1.29, 1.82) is 0 Å². The number of aromatic nitrogens is 1. The molecule has 2 heterocycles. The predicted octanol–water partition coefficient (Wildman–Crippen LogP) is 2.71. The van der Waals surface area contributed by atoms with Crippen LogP contribution >= 0.6 is 11.3 Å². The van der Waals surface area contributed by atoms with E-state index in [-0.39, 0.29) is 15.5 Å². The molecule has 2 N–H and O–H groups in total. The molecule has 0 bridgehead atoms. The molecular weight excluding hydrogens is 372 g/mol. The number of pyridine rings is 1. The van der Waals surface area contributed by atoms with Crippen LogP contribution in [0.2, 0.25) is 0 Å². The summed E-state index contributed by atoms with van der Waals surface area (Å²) in [5, 5.41) is 5.55. The van der Waals surface area contributed by atoms with Gasteiger partial charge in [0.05, 0.1) is 17.5 Å². The molecule has 0 saturated heterocycles. The van der Waals surface area contributed by atoms with Crippen molar-refractivity contribution >= 4 is 39.2 Å². The van der Waals surface area contributed by atoms with Gasteiger partial charge in [0.15, 0.2) is 0 Å². The van der Waals surface area contributed by atoms with E-state index in [2.05, 4.69) is 20.2 Å². The van der Waals surface area contributed by atoms with Crippen LogP contribution in [-0.2, 0) is 10.0 Å². The van der Waals surface area contributed by atoms with Gasteiger partial charge in [-0.2, -0.15) is 5.10 Å². The second-order valence-electron chi connectivity index (χ2n) is 5.06. The lowest BCUT2D eigenvalue weighted by atomic mass is 10.2. The predicted molar refractivity (Wildman–Crippen MR) is 101 cm³/mol. The fourth-order valence-electron chi connectivity index (χ4n) is 2.06. The summed E-state index contributed by atoms with van der Waals surface area (Å²) >= 11 is 1.10. The first-order valence-corrected chi connectivity index (χ1v) is 9.81. The Morgan fingerprint density at radius 2 is 1.85 bits per heavy atom. The summed E-state index contributed by atoms with van der Waals surface area (Å²) in [6.45, 7) is 0. The van der Waals surface area contributed by atoms with Crippen molar-refractivity contribution in [1.82, 2.24) is 10.4 Å². The van der Waals surface area contributed by atoms with Crippen LogP contribution in [0.3, 0.4) is 0 Å². The smallest absolute Gasteiger partial charge is 0.273 e. The second kappa shape index (κ2) is 7.89. The maximum Gasteiger partial charge on any atom is 0.273 e. The second-order valence-corrected chi connectivity index (χ2v) is 7.92. The van der Waals surface area contributed by atoms with E-state index in [0.717, 1.165) is 16.9 Å². The Morgan fingerprint density at radius 1 is 1.08 bits per heavy atom. The molecule has 0 aliphatic carbocycles. The molecule has 0 unspecified atom stereocenters. The van der Waals surface area contributed by atoms with E-state index >= 15 is 0 Å². The molecule has 3 rings (SSSR count). The molecule has 0 radical (unpaired) electrons. The van der Waals surface area contributed by atoms with E-state index < -0.39 is 15.9 Å². The molecule has 2 aromatic heterocycles. The van der Waals surface area contributed by atoms with Gasteiger partial charge in [0.2, 0.25) is 0 Å². The van der Waals surface area contributed by atoms with Crippen LogP contribution in [-0.4, -0.2) is 25.5 Å². The summed E-state index contributed by atoms with van der Waals surface area (Å²) in [6, 6.07) is 12.9. The lowest BCUT2D eigenvalue weighted by Crippen LogP contribution is -2.21. The van der Waals surface area contributed by atoms with E-state index in [1.54, 1.807) is 48.1 Å². The van der Waals surface area contributed by atoms with Crippen LogP contribution in [0.4, 0.5) is 5.69 Å². The molecule has 0 atom stereocenters. The maximum absolute atomic E-state index is 12.4. The van der Waals surface area contributed by atoms with E-state index in [1.165, 1.54) is 24.4 Å². The number of hydrazone groups is 1. The summed E-state index contributed by atoms with van der Waals surface area (Å²) in [5.74, 6) is -0.528. The molecule has 1 amide bonds. The minimum absolute atomic E-state index is 0.166. The van der Waals surface area contributed by atoms with Gasteiger partial charge >= 0.3 is 0 Å². The molecule has 26 heavy (non-hydrogen) atoms. The number of amides is 1. The summed E-state index contributed by atoms with van der Waals surface area (Å²) in [4.78, 5) is 16.2. The summed E-state index contributed by atoms with van der Waals surface area (Å²) in [6.07, 6.45) is 4.69. The number of benzene rings is 1. The Balaban J connectivity index is 1.76. The first-order chi connectivity index (χ1) is 12.6. The van der Waals surface area contributed by atoms with Gasteiger partial charge in [-0.05, 0) is 41.3 Å². The molecule has 7 nitrogen and oxygen atoms in total. The van der Waals surface area contributed by atoms with E-state index in [9.17, 15) is 13.2 Å². The summed E-state index contributed by atoms with van der Waals surface area (Å²) in [5.41, 5.74) is 3.50. The minimum atomic E-state index is -3.75. The molecule has 0 aliphatic rings. The highest BCUT2D eigenvalue weighted by Crippen LogP contribution is 2.22. The summed E-state index contributed by atoms with van der Waals surface area (Å²) in [7, 11) is -3.75. The van der Waals surface area contributed by atoms with Crippen LogP contribution in [0.1, 0.15) is 15.9 Å². The SMILES string of the molecule is O=C(N/N=C\c1ccncc1)c1ccccc1NS(=O)(=O)c1cccs1. The number of hydrogen-bond donors (Lipinski definition) is 2. The third-order valence-corrected chi connectivity index (χ3v) is 6.02. The standard InChI is InChI=1S/C17H14N4O3S2/c22-17(20-19-12-13-7-9-18-10-8-13)14-4-1-2-5-15(14)21-26(23,24)16-6-3-11-25-16/h1-12,21H,(H,20,22)/b19-12-. The number of hydrogen-bond acceptors (Lipinski definition) is 6. The third kappa shape index (κ3) is 4.32. The van der Waals surface area contributed by atoms with E-state index in [0.29, 0.717) is 0 Å². The van der Waals surface area contributed by atoms with Crippen molar-refractivity contribution in [3.8, 4) is 0 Å².